The number of thioether (sulfide) groups is 1. The van der Waals surface area contributed by atoms with Crippen molar-refractivity contribution in [2.75, 3.05) is 6.61 Å². The minimum absolute atomic E-state index is 0.0969. The summed E-state index contributed by atoms with van der Waals surface area (Å²) < 4.78 is 26.1. The van der Waals surface area contributed by atoms with Gasteiger partial charge in [0.05, 0.1) is 27.9 Å². The number of hydrogen-bond donors (Lipinski definition) is 1. The van der Waals surface area contributed by atoms with Crippen LogP contribution in [0.1, 0.15) is 43.6 Å². The van der Waals surface area contributed by atoms with Gasteiger partial charge in [-0.1, -0.05) is 35.4 Å². The molecule has 1 saturated heterocycles. The van der Waals surface area contributed by atoms with Crippen LogP contribution in [-0.2, 0) is 9.47 Å². The Bertz CT molecular complexity index is 1350. The zero-order valence-corrected chi connectivity index (χ0v) is 19.8. The van der Waals surface area contributed by atoms with Crippen LogP contribution in [0.15, 0.2) is 64.3 Å². The third-order valence-corrected chi connectivity index (χ3v) is 7.15. The van der Waals surface area contributed by atoms with Gasteiger partial charge in [-0.05, 0) is 38.1 Å². The van der Waals surface area contributed by atoms with Gasteiger partial charge in [-0.2, -0.15) is 4.39 Å². The lowest BCUT2D eigenvalue weighted by molar-refractivity contribution is 0.0204. The minimum Gasteiger partial charge on any atom is -0.461 e. The monoisotopic (exact) mass is 498 g/mol. The van der Waals surface area contributed by atoms with Crippen LogP contribution in [0.2, 0.25) is 0 Å². The van der Waals surface area contributed by atoms with Gasteiger partial charge in [-0.25, -0.2) is 14.4 Å². The molecule has 8 nitrogen and oxygen atoms in total. The number of ether oxygens (including phenoxy) is 2. The molecule has 0 bridgehead atoms. The number of aryl methyl sites for hydroxylation is 2. The van der Waals surface area contributed by atoms with E-state index in [1.165, 1.54) is 11.8 Å². The average Bonchev–Trinajstić information content (AvgIpc) is 3.22. The van der Waals surface area contributed by atoms with Crippen LogP contribution < -0.4 is 11.2 Å². The Balaban J connectivity index is 1.53. The summed E-state index contributed by atoms with van der Waals surface area (Å²) in [6.07, 6.45) is 0.255. The van der Waals surface area contributed by atoms with Crippen LogP contribution in [-0.4, -0.2) is 39.5 Å². The molecule has 3 atom stereocenters. The second kappa shape index (κ2) is 10.3. The van der Waals surface area contributed by atoms with Crippen molar-refractivity contribution in [3.05, 3.63) is 104 Å². The highest BCUT2D eigenvalue weighted by Crippen LogP contribution is 2.42. The number of carbonyl (C=O) groups is 2. The highest BCUT2D eigenvalue weighted by Gasteiger charge is 2.40. The molecule has 35 heavy (non-hydrogen) atoms. The van der Waals surface area contributed by atoms with E-state index in [0.29, 0.717) is 11.1 Å². The molecule has 1 aliphatic heterocycles. The van der Waals surface area contributed by atoms with Crippen LogP contribution in [0, 0.1) is 19.7 Å². The number of aromatic nitrogens is 2. The van der Waals surface area contributed by atoms with Crippen molar-refractivity contribution >= 4 is 23.7 Å². The molecule has 10 heteroatoms. The zero-order chi connectivity index (χ0) is 25.1. The molecule has 182 valence electrons. The van der Waals surface area contributed by atoms with Crippen molar-refractivity contribution in [3.63, 3.8) is 0 Å². The number of carbonyl (C=O) groups excluding carboxylic acids is 2. The molecule has 3 aromatic rings. The number of H-pyrrole nitrogens is 1. The van der Waals surface area contributed by atoms with E-state index in [2.05, 4.69) is 0 Å². The number of esters is 2. The lowest BCUT2D eigenvalue weighted by Gasteiger charge is -2.19. The summed E-state index contributed by atoms with van der Waals surface area (Å²) in [4.78, 5) is 50.9. The van der Waals surface area contributed by atoms with Gasteiger partial charge in [0.1, 0.15) is 12.7 Å². The van der Waals surface area contributed by atoms with Crippen LogP contribution in [0.4, 0.5) is 4.39 Å². The summed E-state index contributed by atoms with van der Waals surface area (Å²) in [7, 11) is 0. The van der Waals surface area contributed by atoms with E-state index in [1.54, 1.807) is 48.5 Å². The van der Waals surface area contributed by atoms with Crippen molar-refractivity contribution in [3.8, 4) is 0 Å². The van der Waals surface area contributed by atoms with Gasteiger partial charge >= 0.3 is 17.6 Å². The van der Waals surface area contributed by atoms with Gasteiger partial charge in [0, 0.05) is 6.42 Å². The topological polar surface area (TPSA) is 107 Å². The van der Waals surface area contributed by atoms with Crippen LogP contribution in [0.25, 0.3) is 0 Å². The number of nitrogens with one attached hydrogen (secondary N) is 1. The van der Waals surface area contributed by atoms with E-state index in [4.69, 9.17) is 9.47 Å². The number of hydrogen-bond acceptors (Lipinski definition) is 7. The summed E-state index contributed by atoms with van der Waals surface area (Å²) in [5, 5.41) is -1.17. The number of benzene rings is 2. The van der Waals surface area contributed by atoms with Crippen LogP contribution in [0.5, 0.6) is 0 Å². The van der Waals surface area contributed by atoms with E-state index in [0.717, 1.165) is 21.9 Å². The second-order valence-electron chi connectivity index (χ2n) is 8.28. The SMILES string of the molecule is Cc1ccc(C(=O)OC[C@H]2S[C@@H](n3cc(F)c(=O)[nH]c3=O)C[C@@H]2OC(=O)c2ccc(C)cc2)cc1. The first-order chi connectivity index (χ1) is 16.7. The smallest absolute Gasteiger partial charge is 0.338 e. The van der Waals surface area contributed by atoms with Crippen LogP contribution in [0.3, 0.4) is 0 Å². The van der Waals surface area contributed by atoms with Gasteiger partial charge in [-0.15, -0.1) is 11.8 Å². The maximum Gasteiger partial charge on any atom is 0.338 e. The highest BCUT2D eigenvalue weighted by atomic mass is 32.2. The lowest BCUT2D eigenvalue weighted by atomic mass is 10.1. The molecule has 4 rings (SSSR count). The van der Waals surface area contributed by atoms with Crippen LogP contribution >= 0.6 is 11.8 Å². The first kappa shape index (κ1) is 24.5. The van der Waals surface area contributed by atoms with Crippen molar-refractivity contribution in [2.24, 2.45) is 0 Å². The van der Waals surface area contributed by atoms with Gasteiger partial charge in [0.2, 0.25) is 5.82 Å². The van der Waals surface area contributed by atoms with Gasteiger partial charge in [-0.3, -0.25) is 14.3 Å². The molecule has 1 aromatic heterocycles. The molecule has 0 amide bonds. The minimum atomic E-state index is -1.11. The number of nitrogens with zero attached hydrogens (tertiary/aromatic N) is 1. The quantitative estimate of drug-likeness (QED) is 0.519. The summed E-state index contributed by atoms with van der Waals surface area (Å²) >= 11 is 1.20. The molecule has 0 unspecified atom stereocenters. The Hall–Kier alpha value is -3.66. The molecule has 2 aromatic carbocycles. The van der Waals surface area contributed by atoms with Crippen molar-refractivity contribution in [1.82, 2.24) is 9.55 Å². The first-order valence-corrected chi connectivity index (χ1v) is 11.8. The molecule has 2 heterocycles. The normalized spacial score (nSPS) is 19.3. The van der Waals surface area contributed by atoms with E-state index < -0.39 is 45.7 Å². The largest absolute Gasteiger partial charge is 0.461 e. The molecule has 1 N–H and O–H groups in total. The fourth-order valence-electron chi connectivity index (χ4n) is 3.65. The summed E-state index contributed by atoms with van der Waals surface area (Å²) in [5.74, 6) is -2.20. The van der Waals surface area contributed by atoms with Gasteiger partial charge in [0.25, 0.3) is 5.56 Å². The Morgan fingerprint density at radius 3 is 2.17 bits per heavy atom. The fourth-order valence-corrected chi connectivity index (χ4v) is 5.13. The van der Waals surface area contributed by atoms with E-state index in [-0.39, 0.29) is 13.0 Å². The Morgan fingerprint density at radius 2 is 1.57 bits per heavy atom. The molecular weight excluding hydrogens is 475 g/mol. The fraction of sp³-hybridized carbons (Fsp3) is 0.280. The highest BCUT2D eigenvalue weighted by molar-refractivity contribution is 8.00. The van der Waals surface area contributed by atoms with Gasteiger partial charge in [0.15, 0.2) is 0 Å². The summed E-state index contributed by atoms with van der Waals surface area (Å²) in [6, 6.07) is 13.7. The molecule has 0 spiro atoms. The summed E-state index contributed by atoms with van der Waals surface area (Å²) in [5.41, 5.74) is 0.819. The molecule has 1 aliphatic rings. The zero-order valence-electron chi connectivity index (χ0n) is 19.0. The third-order valence-electron chi connectivity index (χ3n) is 5.63. The maximum absolute atomic E-state index is 13.9. The number of halogens is 1. The predicted molar refractivity (Wildman–Crippen MR) is 128 cm³/mol. The Labute approximate surface area is 204 Å². The standard InChI is InChI=1S/C25H23FN2O6S/c1-14-3-7-16(8-4-14)23(30)33-13-20-19(34-24(31)17-9-5-15(2)6-10-17)11-21(35-20)28-12-18(26)22(29)27-25(28)32/h3-10,12,19-21H,11,13H2,1-2H3,(H,27,29,32)/t19-,20+,21+/m0/s1. The van der Waals surface area contributed by atoms with Crippen molar-refractivity contribution < 1.29 is 23.5 Å². The lowest BCUT2D eigenvalue weighted by Crippen LogP contribution is -2.33. The van der Waals surface area contributed by atoms with Gasteiger partial charge < -0.3 is 9.47 Å². The van der Waals surface area contributed by atoms with E-state index in [1.807, 2.05) is 18.8 Å². The molecule has 1 fully saturated rings. The van der Waals surface area contributed by atoms with Crippen molar-refractivity contribution in [1.29, 1.82) is 0 Å². The van der Waals surface area contributed by atoms with Crippen molar-refractivity contribution in [2.45, 2.75) is 37.0 Å². The molecule has 0 aliphatic carbocycles. The molecule has 0 radical (unpaired) electrons. The van der Waals surface area contributed by atoms with E-state index >= 15 is 0 Å². The Kier molecular flexibility index (Phi) is 7.20. The predicted octanol–water partition coefficient (Wildman–Crippen LogP) is 3.38. The Morgan fingerprint density at radius 1 is 1.00 bits per heavy atom. The second-order valence-corrected chi connectivity index (χ2v) is 9.70. The molecule has 0 saturated carbocycles. The number of aromatic amines is 1. The average molecular weight is 499 g/mol. The maximum atomic E-state index is 13.9. The third kappa shape index (κ3) is 5.71. The number of rotatable bonds is 6. The first-order valence-electron chi connectivity index (χ1n) is 10.9. The van der Waals surface area contributed by atoms with E-state index in [9.17, 15) is 23.6 Å². The molecular formula is C25H23FN2O6S. The summed E-state index contributed by atoms with van der Waals surface area (Å²) in [6.45, 7) is 3.70.